The first-order valence-corrected chi connectivity index (χ1v) is 9.87. The molecule has 5 rings (SSSR count). The van der Waals surface area contributed by atoms with Crippen LogP contribution in [0, 0.1) is 11.8 Å². The van der Waals surface area contributed by atoms with Gasteiger partial charge in [0.15, 0.2) is 0 Å². The van der Waals surface area contributed by atoms with Crippen molar-refractivity contribution in [2.24, 2.45) is 11.8 Å². The molecule has 0 spiro atoms. The molecule has 0 radical (unpaired) electrons. The molecule has 2 amide bonds. The standard InChI is InChI=1S/C18H17NO5S/c1-17-7-8-18(2,24-17)14-13(17)15(20)19(16(14)21)11-9-25(22,23)12-6-4-3-5-10(11)12/h3-6,9,13-14H,7-8H2,1-2H3/t13-,14+,17-,18+. The lowest BCUT2D eigenvalue weighted by molar-refractivity contribution is -0.142. The molecule has 4 aliphatic rings. The lowest BCUT2D eigenvalue weighted by atomic mass is 9.69. The van der Waals surface area contributed by atoms with Gasteiger partial charge in [-0.2, -0.15) is 0 Å². The number of sulfone groups is 1. The second-order valence-corrected chi connectivity index (χ2v) is 9.50. The molecule has 1 aromatic rings. The van der Waals surface area contributed by atoms with Crippen LogP contribution in [0.25, 0.3) is 5.70 Å². The summed E-state index contributed by atoms with van der Waals surface area (Å²) in [7, 11) is -3.64. The summed E-state index contributed by atoms with van der Waals surface area (Å²) < 4.78 is 30.9. The van der Waals surface area contributed by atoms with Crippen LogP contribution in [0.3, 0.4) is 0 Å². The van der Waals surface area contributed by atoms with E-state index in [9.17, 15) is 18.0 Å². The third kappa shape index (κ3) is 1.65. The second-order valence-electron chi connectivity index (χ2n) is 7.74. The smallest absolute Gasteiger partial charge is 0.240 e. The number of nitrogens with zero attached hydrogens (tertiary/aromatic N) is 1. The molecule has 2 bridgehead atoms. The molecule has 25 heavy (non-hydrogen) atoms. The van der Waals surface area contributed by atoms with Crippen LogP contribution in [0.15, 0.2) is 34.6 Å². The Bertz CT molecular complexity index is 962. The zero-order valence-electron chi connectivity index (χ0n) is 13.9. The number of imide groups is 1. The van der Waals surface area contributed by atoms with E-state index >= 15 is 0 Å². The summed E-state index contributed by atoms with van der Waals surface area (Å²) in [5.41, 5.74) is -0.726. The zero-order chi connectivity index (χ0) is 17.8. The van der Waals surface area contributed by atoms with Crippen molar-refractivity contribution in [1.29, 1.82) is 0 Å². The van der Waals surface area contributed by atoms with Gasteiger partial charge >= 0.3 is 0 Å². The van der Waals surface area contributed by atoms with Crippen LogP contribution in [-0.2, 0) is 24.2 Å². The summed E-state index contributed by atoms with van der Waals surface area (Å²) in [5.74, 6) is -1.79. The number of hydrogen-bond acceptors (Lipinski definition) is 5. The predicted molar refractivity (Wildman–Crippen MR) is 87.6 cm³/mol. The van der Waals surface area contributed by atoms with E-state index in [1.54, 1.807) is 18.2 Å². The minimum Gasteiger partial charge on any atom is -0.367 e. The minimum atomic E-state index is -3.64. The number of fused-ring (bicyclic) bond motifs is 6. The first-order chi connectivity index (χ1) is 11.7. The number of likely N-dealkylation sites (tertiary alicyclic amines) is 1. The maximum Gasteiger partial charge on any atom is 0.240 e. The van der Waals surface area contributed by atoms with Crippen molar-refractivity contribution >= 4 is 27.3 Å². The average molecular weight is 359 g/mol. The molecule has 130 valence electrons. The van der Waals surface area contributed by atoms with Gasteiger partial charge < -0.3 is 4.74 Å². The minimum absolute atomic E-state index is 0.138. The summed E-state index contributed by atoms with van der Waals surface area (Å²) in [6.07, 6.45) is 1.46. The van der Waals surface area contributed by atoms with E-state index in [1.807, 2.05) is 13.8 Å². The molecular formula is C18H17NO5S. The van der Waals surface area contributed by atoms with Crippen molar-refractivity contribution in [3.63, 3.8) is 0 Å². The zero-order valence-corrected chi connectivity index (χ0v) is 14.7. The highest BCUT2D eigenvalue weighted by molar-refractivity contribution is 7.95. The van der Waals surface area contributed by atoms with Crippen molar-refractivity contribution in [1.82, 2.24) is 4.90 Å². The Kier molecular flexibility index (Phi) is 2.58. The van der Waals surface area contributed by atoms with Crippen LogP contribution in [0.2, 0.25) is 0 Å². The largest absolute Gasteiger partial charge is 0.367 e. The summed E-state index contributed by atoms with van der Waals surface area (Å²) in [6.45, 7) is 3.76. The van der Waals surface area contributed by atoms with E-state index in [2.05, 4.69) is 0 Å². The highest BCUT2D eigenvalue weighted by Gasteiger charge is 2.72. The quantitative estimate of drug-likeness (QED) is 0.713. The molecule has 0 unspecified atom stereocenters. The third-order valence-corrected chi connectivity index (χ3v) is 7.69. The van der Waals surface area contributed by atoms with Gasteiger partial charge in [-0.05, 0) is 32.8 Å². The first kappa shape index (κ1) is 15.3. The first-order valence-electron chi connectivity index (χ1n) is 8.32. The number of carbonyl (C=O) groups excluding carboxylic acids is 2. The van der Waals surface area contributed by atoms with Crippen LogP contribution in [0.1, 0.15) is 32.3 Å². The molecule has 0 aliphatic carbocycles. The van der Waals surface area contributed by atoms with Crippen LogP contribution in [0.4, 0.5) is 0 Å². The SMILES string of the molecule is C[C@]12CC[C@](C)(O1)[C@@H]1C(=O)N(C3=CS(=O)(=O)c4ccccc43)C(=O)[C@@H]12. The van der Waals surface area contributed by atoms with E-state index in [0.717, 1.165) is 23.1 Å². The molecule has 7 heteroatoms. The molecule has 1 aromatic carbocycles. The van der Waals surface area contributed by atoms with Crippen LogP contribution < -0.4 is 0 Å². The number of rotatable bonds is 1. The monoisotopic (exact) mass is 359 g/mol. The summed E-state index contributed by atoms with van der Waals surface area (Å²) in [4.78, 5) is 27.5. The third-order valence-electron chi connectivity index (χ3n) is 6.18. The Balaban J connectivity index is 1.67. The van der Waals surface area contributed by atoms with Gasteiger partial charge in [-0.25, -0.2) is 13.3 Å². The van der Waals surface area contributed by atoms with E-state index < -0.39 is 32.9 Å². The van der Waals surface area contributed by atoms with Crippen LogP contribution >= 0.6 is 0 Å². The number of benzene rings is 1. The molecule has 6 nitrogen and oxygen atoms in total. The number of ether oxygens (including phenoxy) is 1. The molecule has 3 fully saturated rings. The van der Waals surface area contributed by atoms with Gasteiger partial charge in [0.2, 0.25) is 21.7 Å². The molecule has 4 aliphatic heterocycles. The molecule has 0 aromatic heterocycles. The van der Waals surface area contributed by atoms with Gasteiger partial charge in [-0.1, -0.05) is 18.2 Å². The van der Waals surface area contributed by atoms with Crippen molar-refractivity contribution < 1.29 is 22.7 Å². The average Bonchev–Trinajstić information content (AvgIpc) is 3.17. The lowest BCUT2D eigenvalue weighted by Crippen LogP contribution is -2.40. The molecular weight excluding hydrogens is 342 g/mol. The topological polar surface area (TPSA) is 80.8 Å². The summed E-state index contributed by atoms with van der Waals surface area (Å²) >= 11 is 0. The highest BCUT2D eigenvalue weighted by Crippen LogP contribution is 2.61. The second kappa shape index (κ2) is 4.22. The molecule has 0 saturated carbocycles. The Labute approximate surface area is 145 Å². The van der Waals surface area contributed by atoms with Crippen molar-refractivity contribution in [2.45, 2.75) is 42.8 Å². The fourth-order valence-electron chi connectivity index (χ4n) is 5.08. The van der Waals surface area contributed by atoms with E-state index in [4.69, 9.17) is 4.74 Å². The fourth-order valence-corrected chi connectivity index (χ4v) is 6.48. The van der Waals surface area contributed by atoms with Crippen molar-refractivity contribution in [3.05, 3.63) is 35.2 Å². The van der Waals surface area contributed by atoms with Gasteiger partial charge in [0.05, 0.1) is 39.0 Å². The van der Waals surface area contributed by atoms with Crippen molar-refractivity contribution in [2.75, 3.05) is 0 Å². The van der Waals surface area contributed by atoms with E-state index in [0.29, 0.717) is 5.56 Å². The maximum atomic E-state index is 13.1. The predicted octanol–water partition coefficient (Wildman–Crippen LogP) is 1.71. The van der Waals surface area contributed by atoms with Gasteiger partial charge in [-0.15, -0.1) is 0 Å². The summed E-state index contributed by atoms with van der Waals surface area (Å²) in [5, 5.41) is 1.04. The van der Waals surface area contributed by atoms with Crippen LogP contribution in [0.5, 0.6) is 0 Å². The van der Waals surface area contributed by atoms with Gasteiger partial charge in [0.1, 0.15) is 0 Å². The van der Waals surface area contributed by atoms with E-state index in [1.165, 1.54) is 6.07 Å². The Hall–Kier alpha value is -1.99. The molecule has 0 N–H and O–H groups in total. The normalized spacial score (nSPS) is 40.4. The lowest BCUT2D eigenvalue weighted by Gasteiger charge is -2.27. The maximum absolute atomic E-state index is 13.1. The van der Waals surface area contributed by atoms with Gasteiger partial charge in [0.25, 0.3) is 0 Å². The fraction of sp³-hybridized carbons (Fsp3) is 0.444. The van der Waals surface area contributed by atoms with Crippen LogP contribution in [-0.4, -0.2) is 36.3 Å². The number of hydrogen-bond donors (Lipinski definition) is 0. The van der Waals surface area contributed by atoms with Gasteiger partial charge in [0, 0.05) is 5.56 Å². The Morgan fingerprint density at radius 2 is 1.60 bits per heavy atom. The molecule has 4 heterocycles. The van der Waals surface area contributed by atoms with E-state index in [-0.39, 0.29) is 22.4 Å². The Morgan fingerprint density at radius 3 is 2.20 bits per heavy atom. The van der Waals surface area contributed by atoms with Gasteiger partial charge in [-0.3, -0.25) is 9.59 Å². The van der Waals surface area contributed by atoms with Crippen molar-refractivity contribution in [3.8, 4) is 0 Å². The highest BCUT2D eigenvalue weighted by atomic mass is 32.2. The number of carbonyl (C=O) groups is 2. The molecule has 3 saturated heterocycles. The Morgan fingerprint density at radius 1 is 1.04 bits per heavy atom. The number of amides is 2. The molecule has 4 atom stereocenters. The summed E-state index contributed by atoms with van der Waals surface area (Å²) in [6, 6.07) is 6.46.